The van der Waals surface area contributed by atoms with Crippen LogP contribution in [0.4, 0.5) is 0 Å². The van der Waals surface area contributed by atoms with E-state index in [9.17, 15) is 0 Å². The fourth-order valence-electron chi connectivity index (χ4n) is 0.780. The summed E-state index contributed by atoms with van der Waals surface area (Å²) in [5.74, 6) is 0. The van der Waals surface area contributed by atoms with Crippen molar-refractivity contribution in [2.75, 3.05) is 18.4 Å². The first kappa shape index (κ1) is 11.4. The third-order valence-corrected chi connectivity index (χ3v) is 2.10. The maximum atomic E-state index is 3.41. The number of hydrogen-bond donors (Lipinski definition) is 1. The number of alkyl halides is 1. The third-order valence-electron chi connectivity index (χ3n) is 1.54. The van der Waals surface area contributed by atoms with Crippen LogP contribution in [0.2, 0.25) is 0 Å². The summed E-state index contributed by atoms with van der Waals surface area (Å²) in [4.78, 5) is 0. The van der Waals surface area contributed by atoms with Crippen LogP contribution < -0.4 is 5.32 Å². The van der Waals surface area contributed by atoms with Crippen molar-refractivity contribution in [3.05, 3.63) is 0 Å². The lowest BCUT2D eigenvalue weighted by molar-refractivity contribution is 0.367. The predicted octanol–water partition coefficient (Wildman–Crippen LogP) is 2.80. The number of nitrogens with one attached hydrogen (secondary N) is 1. The molecule has 0 aromatic carbocycles. The van der Waals surface area contributed by atoms with Crippen LogP contribution in [-0.2, 0) is 0 Å². The second-order valence-corrected chi connectivity index (χ2v) is 4.90. The van der Waals surface area contributed by atoms with Gasteiger partial charge in [0.05, 0.1) is 0 Å². The highest BCUT2D eigenvalue weighted by Crippen LogP contribution is 2.16. The van der Waals surface area contributed by atoms with Crippen LogP contribution in [0, 0.1) is 5.41 Å². The minimum absolute atomic E-state index is 0.474. The molecule has 0 aliphatic rings. The molecule has 0 aromatic heterocycles. The third kappa shape index (κ3) is 10.4. The lowest BCUT2D eigenvalue weighted by atomic mass is 9.92. The Kier molecular flexibility index (Phi) is 6.25. The van der Waals surface area contributed by atoms with E-state index in [1.165, 1.54) is 12.8 Å². The second-order valence-electron chi connectivity index (χ2n) is 4.10. The van der Waals surface area contributed by atoms with E-state index in [0.29, 0.717) is 5.41 Å². The molecule has 0 saturated heterocycles. The van der Waals surface area contributed by atoms with Gasteiger partial charge in [-0.2, -0.15) is 0 Å². The van der Waals surface area contributed by atoms with Crippen LogP contribution in [-0.4, -0.2) is 18.4 Å². The van der Waals surface area contributed by atoms with Crippen molar-refractivity contribution in [2.45, 2.75) is 33.6 Å². The zero-order valence-corrected chi connectivity index (χ0v) is 9.50. The summed E-state index contributed by atoms with van der Waals surface area (Å²) in [6, 6.07) is 0. The van der Waals surface area contributed by atoms with E-state index in [0.717, 1.165) is 18.4 Å². The smallest absolute Gasteiger partial charge is 0.00433 e. The number of hydrogen-bond acceptors (Lipinski definition) is 1. The Morgan fingerprint density at radius 1 is 1.18 bits per heavy atom. The van der Waals surface area contributed by atoms with E-state index in [2.05, 4.69) is 42.0 Å². The van der Waals surface area contributed by atoms with Crippen molar-refractivity contribution >= 4 is 15.9 Å². The van der Waals surface area contributed by atoms with E-state index in [4.69, 9.17) is 0 Å². The minimum atomic E-state index is 0.474. The van der Waals surface area contributed by atoms with E-state index in [1.807, 2.05) is 0 Å². The van der Waals surface area contributed by atoms with Gasteiger partial charge in [0.25, 0.3) is 0 Å². The van der Waals surface area contributed by atoms with Crippen LogP contribution in [0.25, 0.3) is 0 Å². The average Bonchev–Trinajstić information content (AvgIpc) is 1.85. The van der Waals surface area contributed by atoms with Crippen molar-refractivity contribution in [3.63, 3.8) is 0 Å². The summed E-state index contributed by atoms with van der Waals surface area (Å²) >= 11 is 3.40. The van der Waals surface area contributed by atoms with E-state index in [1.54, 1.807) is 0 Å². The lowest BCUT2D eigenvalue weighted by Gasteiger charge is -2.17. The summed E-state index contributed by atoms with van der Waals surface area (Å²) in [5, 5.41) is 4.52. The predicted molar refractivity (Wildman–Crippen MR) is 55.4 cm³/mol. The maximum Gasteiger partial charge on any atom is 0.00433 e. The van der Waals surface area contributed by atoms with Gasteiger partial charge in [0.15, 0.2) is 0 Å². The zero-order chi connectivity index (χ0) is 8.74. The Hall–Kier alpha value is 0.440. The van der Waals surface area contributed by atoms with Gasteiger partial charge < -0.3 is 5.32 Å². The topological polar surface area (TPSA) is 12.0 Å². The highest BCUT2D eigenvalue weighted by Gasteiger charge is 2.07. The Bertz CT molecular complexity index is 86.1. The molecule has 2 heteroatoms. The van der Waals surface area contributed by atoms with Crippen molar-refractivity contribution in [2.24, 2.45) is 5.41 Å². The lowest BCUT2D eigenvalue weighted by Crippen LogP contribution is -2.21. The normalized spacial score (nSPS) is 12.0. The summed E-state index contributed by atoms with van der Waals surface area (Å²) in [6.07, 6.45) is 2.49. The van der Waals surface area contributed by atoms with Crippen LogP contribution in [0.15, 0.2) is 0 Å². The van der Waals surface area contributed by atoms with E-state index in [-0.39, 0.29) is 0 Å². The molecular formula is C9H20BrN. The summed E-state index contributed by atoms with van der Waals surface area (Å²) in [7, 11) is 0. The Morgan fingerprint density at radius 3 is 2.27 bits per heavy atom. The molecule has 11 heavy (non-hydrogen) atoms. The van der Waals surface area contributed by atoms with Gasteiger partial charge in [-0.1, -0.05) is 36.7 Å². The van der Waals surface area contributed by atoms with Gasteiger partial charge in [-0.05, 0) is 31.3 Å². The molecule has 1 N–H and O–H groups in total. The molecule has 0 heterocycles. The first-order valence-electron chi connectivity index (χ1n) is 4.33. The molecule has 0 amide bonds. The molecule has 0 aliphatic carbocycles. The fourth-order valence-corrected chi connectivity index (χ4v) is 1.06. The molecule has 0 spiro atoms. The molecule has 0 radical (unpaired) electrons. The summed E-state index contributed by atoms with van der Waals surface area (Å²) < 4.78 is 0. The molecule has 0 aliphatic heterocycles. The van der Waals surface area contributed by atoms with E-state index < -0.39 is 0 Å². The van der Waals surface area contributed by atoms with Crippen LogP contribution >= 0.6 is 15.9 Å². The second kappa shape index (κ2) is 6.01. The molecule has 0 rings (SSSR count). The standard InChI is InChI=1S/C9H20BrN/c1-9(2,3)5-8-11-7-4-6-10/h11H,4-8H2,1-3H3. The highest BCUT2D eigenvalue weighted by atomic mass is 79.9. The van der Waals surface area contributed by atoms with Gasteiger partial charge in [0.2, 0.25) is 0 Å². The summed E-state index contributed by atoms with van der Waals surface area (Å²) in [6.45, 7) is 9.12. The average molecular weight is 222 g/mol. The van der Waals surface area contributed by atoms with Gasteiger partial charge in [-0.15, -0.1) is 0 Å². The van der Waals surface area contributed by atoms with Crippen molar-refractivity contribution in [1.29, 1.82) is 0 Å². The SMILES string of the molecule is CC(C)(C)CCNCCCBr. The van der Waals surface area contributed by atoms with Crippen molar-refractivity contribution in [1.82, 2.24) is 5.32 Å². The molecular weight excluding hydrogens is 202 g/mol. The molecule has 0 unspecified atom stereocenters. The minimum Gasteiger partial charge on any atom is -0.317 e. The van der Waals surface area contributed by atoms with Gasteiger partial charge >= 0.3 is 0 Å². The van der Waals surface area contributed by atoms with Crippen molar-refractivity contribution < 1.29 is 0 Å². The first-order valence-corrected chi connectivity index (χ1v) is 5.45. The van der Waals surface area contributed by atoms with Crippen LogP contribution in [0.1, 0.15) is 33.6 Å². The summed E-state index contributed by atoms with van der Waals surface area (Å²) in [5.41, 5.74) is 0.474. The number of rotatable bonds is 5. The monoisotopic (exact) mass is 221 g/mol. The molecule has 68 valence electrons. The zero-order valence-electron chi connectivity index (χ0n) is 7.91. The van der Waals surface area contributed by atoms with Gasteiger partial charge in [-0.25, -0.2) is 0 Å². The quantitative estimate of drug-likeness (QED) is 0.557. The fraction of sp³-hybridized carbons (Fsp3) is 1.00. The Labute approximate surface area is 79.1 Å². The number of halogens is 1. The Balaban J connectivity index is 3.02. The van der Waals surface area contributed by atoms with Crippen LogP contribution in [0.5, 0.6) is 0 Å². The Morgan fingerprint density at radius 2 is 1.82 bits per heavy atom. The van der Waals surface area contributed by atoms with E-state index >= 15 is 0 Å². The van der Waals surface area contributed by atoms with Crippen LogP contribution in [0.3, 0.4) is 0 Å². The highest BCUT2D eigenvalue weighted by molar-refractivity contribution is 9.09. The first-order chi connectivity index (χ1) is 5.06. The molecule has 0 atom stereocenters. The molecule has 0 aromatic rings. The van der Waals surface area contributed by atoms with Gasteiger partial charge in [0.1, 0.15) is 0 Å². The van der Waals surface area contributed by atoms with Crippen molar-refractivity contribution in [3.8, 4) is 0 Å². The molecule has 0 saturated carbocycles. The molecule has 1 nitrogen and oxygen atoms in total. The maximum absolute atomic E-state index is 3.41. The molecule has 0 fully saturated rings. The van der Waals surface area contributed by atoms with Gasteiger partial charge in [0, 0.05) is 5.33 Å². The molecule has 0 bridgehead atoms. The van der Waals surface area contributed by atoms with Gasteiger partial charge in [-0.3, -0.25) is 0 Å². The largest absolute Gasteiger partial charge is 0.317 e.